The molecule has 0 atom stereocenters. The van der Waals surface area contributed by atoms with Gasteiger partial charge in [0.2, 0.25) is 0 Å². The van der Waals surface area contributed by atoms with Crippen LogP contribution in [0.1, 0.15) is 5.69 Å². The van der Waals surface area contributed by atoms with E-state index in [0.29, 0.717) is 11.7 Å². The van der Waals surface area contributed by atoms with Gasteiger partial charge >= 0.3 is 0 Å². The lowest BCUT2D eigenvalue weighted by atomic mass is 10.4. The minimum atomic E-state index is 0.306. The van der Waals surface area contributed by atoms with Crippen LogP contribution in [-0.4, -0.2) is 4.98 Å². The van der Waals surface area contributed by atoms with E-state index < -0.39 is 0 Å². The molecule has 0 saturated heterocycles. The standard InChI is InChI=1S/C7H5ClN2/c1-9-5-6-3-2-4-7(8)10-6/h2-4H,5H2. The summed E-state index contributed by atoms with van der Waals surface area (Å²) < 4.78 is 0. The maximum Gasteiger partial charge on any atom is 0.256 e. The van der Waals surface area contributed by atoms with Gasteiger partial charge < -0.3 is 4.85 Å². The summed E-state index contributed by atoms with van der Waals surface area (Å²) in [6.07, 6.45) is 0. The summed E-state index contributed by atoms with van der Waals surface area (Å²) in [5, 5.41) is 0.446. The van der Waals surface area contributed by atoms with Gasteiger partial charge in [0.15, 0.2) is 0 Å². The molecule has 1 heterocycles. The molecule has 1 aromatic heterocycles. The summed E-state index contributed by atoms with van der Waals surface area (Å²) in [6, 6.07) is 5.26. The molecule has 0 N–H and O–H groups in total. The van der Waals surface area contributed by atoms with Crippen LogP contribution in [0.25, 0.3) is 4.85 Å². The van der Waals surface area contributed by atoms with Gasteiger partial charge in [-0.1, -0.05) is 17.7 Å². The molecule has 0 radical (unpaired) electrons. The highest BCUT2D eigenvalue weighted by atomic mass is 35.5. The molecule has 0 aliphatic rings. The summed E-state index contributed by atoms with van der Waals surface area (Å²) in [4.78, 5) is 7.09. The van der Waals surface area contributed by atoms with Gasteiger partial charge in [-0.2, -0.15) is 0 Å². The van der Waals surface area contributed by atoms with Gasteiger partial charge in [0.25, 0.3) is 6.54 Å². The van der Waals surface area contributed by atoms with E-state index in [4.69, 9.17) is 18.2 Å². The van der Waals surface area contributed by atoms with Crippen LogP contribution >= 0.6 is 11.6 Å². The molecule has 1 aromatic rings. The Morgan fingerprint density at radius 3 is 3.00 bits per heavy atom. The van der Waals surface area contributed by atoms with Crippen LogP contribution in [0.4, 0.5) is 0 Å². The third kappa shape index (κ3) is 1.71. The second kappa shape index (κ2) is 3.19. The Morgan fingerprint density at radius 2 is 2.40 bits per heavy atom. The molecule has 0 saturated carbocycles. The monoisotopic (exact) mass is 152 g/mol. The summed E-state index contributed by atoms with van der Waals surface area (Å²) in [6.45, 7) is 6.86. The Labute approximate surface area is 64.3 Å². The molecular weight excluding hydrogens is 148 g/mol. The van der Waals surface area contributed by atoms with Crippen LogP contribution in [0.15, 0.2) is 18.2 Å². The van der Waals surface area contributed by atoms with E-state index in [0.717, 1.165) is 5.69 Å². The summed E-state index contributed by atoms with van der Waals surface area (Å²) in [5.41, 5.74) is 0.725. The minimum Gasteiger partial charge on any atom is -0.310 e. The van der Waals surface area contributed by atoms with Gasteiger partial charge in [0, 0.05) is 0 Å². The highest BCUT2D eigenvalue weighted by molar-refractivity contribution is 6.29. The highest BCUT2D eigenvalue weighted by Crippen LogP contribution is 2.05. The molecule has 0 spiro atoms. The van der Waals surface area contributed by atoms with E-state index in [1.54, 1.807) is 18.2 Å². The second-order valence-electron chi connectivity index (χ2n) is 1.77. The van der Waals surface area contributed by atoms with Gasteiger partial charge in [-0.15, -0.1) is 0 Å². The number of hydrogen-bond acceptors (Lipinski definition) is 1. The summed E-state index contributed by atoms with van der Waals surface area (Å²) in [7, 11) is 0. The van der Waals surface area contributed by atoms with Crippen LogP contribution in [0, 0.1) is 6.57 Å². The number of nitrogens with zero attached hydrogens (tertiary/aromatic N) is 2. The van der Waals surface area contributed by atoms with Crippen molar-refractivity contribution in [3.05, 3.63) is 40.5 Å². The molecule has 0 fully saturated rings. The van der Waals surface area contributed by atoms with E-state index in [-0.39, 0.29) is 0 Å². The topological polar surface area (TPSA) is 17.2 Å². The van der Waals surface area contributed by atoms with E-state index in [9.17, 15) is 0 Å². The fourth-order valence-electron chi connectivity index (χ4n) is 0.619. The first-order chi connectivity index (χ1) is 4.83. The molecule has 1 rings (SSSR count). The lowest BCUT2D eigenvalue weighted by Gasteiger charge is -1.89. The molecule has 10 heavy (non-hydrogen) atoms. The first-order valence-electron chi connectivity index (χ1n) is 2.77. The molecule has 50 valence electrons. The van der Waals surface area contributed by atoms with Crippen molar-refractivity contribution >= 4 is 11.6 Å². The van der Waals surface area contributed by atoms with Crippen molar-refractivity contribution in [2.45, 2.75) is 6.54 Å². The molecule has 0 aliphatic carbocycles. The van der Waals surface area contributed by atoms with Crippen molar-refractivity contribution in [3.63, 3.8) is 0 Å². The Hall–Kier alpha value is -1.07. The van der Waals surface area contributed by atoms with Crippen molar-refractivity contribution in [1.82, 2.24) is 4.98 Å². The smallest absolute Gasteiger partial charge is 0.256 e. The number of hydrogen-bond donors (Lipinski definition) is 0. The van der Waals surface area contributed by atoms with Crippen LogP contribution < -0.4 is 0 Å². The number of rotatable bonds is 1. The van der Waals surface area contributed by atoms with Crippen molar-refractivity contribution < 1.29 is 0 Å². The Bertz CT molecular complexity index is 265. The molecule has 0 aromatic carbocycles. The predicted octanol–water partition coefficient (Wildman–Crippen LogP) is 2.15. The third-order valence-corrected chi connectivity index (χ3v) is 1.22. The van der Waals surface area contributed by atoms with E-state index >= 15 is 0 Å². The molecule has 0 amide bonds. The van der Waals surface area contributed by atoms with Gasteiger partial charge in [0.05, 0.1) is 0 Å². The van der Waals surface area contributed by atoms with Crippen LogP contribution in [0.5, 0.6) is 0 Å². The van der Waals surface area contributed by atoms with Crippen molar-refractivity contribution in [1.29, 1.82) is 0 Å². The van der Waals surface area contributed by atoms with Crippen molar-refractivity contribution in [2.24, 2.45) is 0 Å². The molecule has 2 nitrogen and oxygen atoms in total. The quantitative estimate of drug-likeness (QED) is 0.445. The van der Waals surface area contributed by atoms with Gasteiger partial charge in [0.1, 0.15) is 10.8 Å². The Morgan fingerprint density at radius 1 is 1.60 bits per heavy atom. The van der Waals surface area contributed by atoms with Crippen LogP contribution in [0.3, 0.4) is 0 Å². The van der Waals surface area contributed by atoms with Crippen LogP contribution in [-0.2, 0) is 6.54 Å². The van der Waals surface area contributed by atoms with Gasteiger partial charge in [-0.25, -0.2) is 11.6 Å². The molecule has 0 aliphatic heterocycles. The van der Waals surface area contributed by atoms with E-state index in [1.165, 1.54) is 0 Å². The number of pyridine rings is 1. The summed E-state index contributed by atoms with van der Waals surface area (Å²) >= 11 is 5.57. The van der Waals surface area contributed by atoms with Crippen LogP contribution in [0.2, 0.25) is 5.15 Å². The fraction of sp³-hybridized carbons (Fsp3) is 0.143. The van der Waals surface area contributed by atoms with Gasteiger partial charge in [-0.05, 0) is 12.1 Å². The predicted molar refractivity (Wildman–Crippen MR) is 39.6 cm³/mol. The zero-order valence-electron chi connectivity index (χ0n) is 5.21. The first-order valence-corrected chi connectivity index (χ1v) is 3.15. The Balaban J connectivity index is 2.87. The average Bonchev–Trinajstić information content (AvgIpc) is 1.88. The normalized spacial score (nSPS) is 8.80. The van der Waals surface area contributed by atoms with Crippen molar-refractivity contribution in [3.8, 4) is 0 Å². The zero-order chi connectivity index (χ0) is 7.40. The second-order valence-corrected chi connectivity index (χ2v) is 2.16. The molecular formula is C7H5ClN2. The summed E-state index contributed by atoms with van der Waals surface area (Å²) in [5.74, 6) is 0. The van der Waals surface area contributed by atoms with Gasteiger partial charge in [-0.3, -0.25) is 0 Å². The SMILES string of the molecule is [C-]#[N+]Cc1cccc(Cl)n1. The Kier molecular flexibility index (Phi) is 2.24. The van der Waals surface area contributed by atoms with E-state index in [2.05, 4.69) is 9.83 Å². The fourth-order valence-corrected chi connectivity index (χ4v) is 0.801. The molecule has 3 heteroatoms. The number of halogens is 1. The third-order valence-electron chi connectivity index (χ3n) is 1.01. The maximum atomic E-state index is 6.55. The minimum absolute atomic E-state index is 0.306. The van der Waals surface area contributed by atoms with Crippen molar-refractivity contribution in [2.75, 3.05) is 0 Å². The lowest BCUT2D eigenvalue weighted by molar-refractivity contribution is 1.11. The number of aromatic nitrogens is 1. The zero-order valence-corrected chi connectivity index (χ0v) is 5.97. The maximum absolute atomic E-state index is 6.55. The lowest BCUT2D eigenvalue weighted by Crippen LogP contribution is -1.84. The largest absolute Gasteiger partial charge is 0.310 e. The molecule has 0 unspecified atom stereocenters. The highest BCUT2D eigenvalue weighted by Gasteiger charge is 1.95. The molecule has 0 bridgehead atoms. The van der Waals surface area contributed by atoms with E-state index in [1.807, 2.05) is 0 Å². The first kappa shape index (κ1) is 7.04. The average molecular weight is 153 g/mol.